The predicted octanol–water partition coefficient (Wildman–Crippen LogP) is 2.40. The number of alkyl carbamates (subject to hydrolysis) is 1. The molecule has 2 aliphatic rings. The van der Waals surface area contributed by atoms with E-state index in [-0.39, 0.29) is 12.6 Å². The van der Waals surface area contributed by atoms with E-state index in [4.69, 9.17) is 9.72 Å². The van der Waals surface area contributed by atoms with Crippen molar-refractivity contribution in [3.63, 3.8) is 0 Å². The van der Waals surface area contributed by atoms with Crippen LogP contribution < -0.4 is 16.0 Å². The lowest BCUT2D eigenvalue weighted by Crippen LogP contribution is -2.49. The maximum atomic E-state index is 12.5. The fraction of sp³-hybridized carbons (Fsp3) is 0.500. The molecule has 0 unspecified atom stereocenters. The van der Waals surface area contributed by atoms with E-state index in [2.05, 4.69) is 27.0 Å². The molecule has 1 atom stereocenters. The zero-order chi connectivity index (χ0) is 23.9. The summed E-state index contributed by atoms with van der Waals surface area (Å²) in [6, 6.07) is 4.62. The summed E-state index contributed by atoms with van der Waals surface area (Å²) in [5.74, 6) is -0.728. The number of aryl methyl sites for hydroxylation is 3. The summed E-state index contributed by atoms with van der Waals surface area (Å²) in [7, 11) is 0. The number of aliphatic carboxylic acids is 1. The summed E-state index contributed by atoms with van der Waals surface area (Å²) < 4.78 is 5.24. The lowest BCUT2D eigenvalue weighted by Gasteiger charge is -2.17. The summed E-state index contributed by atoms with van der Waals surface area (Å²) in [6.07, 6.45) is 8.00. The number of rotatable bonds is 9. The van der Waals surface area contributed by atoms with Gasteiger partial charge in [0.15, 0.2) is 0 Å². The van der Waals surface area contributed by atoms with Gasteiger partial charge < -0.3 is 30.8 Å². The van der Waals surface area contributed by atoms with Crippen molar-refractivity contribution in [2.75, 3.05) is 18.4 Å². The highest BCUT2D eigenvalue weighted by molar-refractivity contribution is 5.93. The van der Waals surface area contributed by atoms with Crippen LogP contribution in [0.4, 0.5) is 10.6 Å². The molecule has 3 heterocycles. The summed E-state index contributed by atoms with van der Waals surface area (Å²) >= 11 is 0. The molecule has 2 amide bonds. The van der Waals surface area contributed by atoms with Crippen LogP contribution in [0.15, 0.2) is 24.4 Å². The third kappa shape index (κ3) is 6.27. The Balaban J connectivity index is 1.25. The molecule has 2 aromatic rings. The Kier molecular flexibility index (Phi) is 7.66. The molecule has 1 saturated carbocycles. The molecule has 34 heavy (non-hydrogen) atoms. The van der Waals surface area contributed by atoms with Crippen LogP contribution in [0.5, 0.6) is 0 Å². The highest BCUT2D eigenvalue weighted by atomic mass is 16.6. The van der Waals surface area contributed by atoms with Crippen LogP contribution >= 0.6 is 0 Å². The van der Waals surface area contributed by atoms with Gasteiger partial charge in [-0.1, -0.05) is 6.07 Å². The minimum absolute atomic E-state index is 0.172. The van der Waals surface area contributed by atoms with Gasteiger partial charge in [-0.15, -0.1) is 0 Å². The van der Waals surface area contributed by atoms with Gasteiger partial charge in [0.05, 0.1) is 0 Å². The Morgan fingerprint density at radius 1 is 1.18 bits per heavy atom. The van der Waals surface area contributed by atoms with Crippen molar-refractivity contribution >= 4 is 23.8 Å². The van der Waals surface area contributed by atoms with Crippen LogP contribution in [0.3, 0.4) is 0 Å². The summed E-state index contributed by atoms with van der Waals surface area (Å²) in [4.78, 5) is 43.6. The number of H-pyrrole nitrogens is 1. The van der Waals surface area contributed by atoms with Crippen molar-refractivity contribution in [2.24, 2.45) is 0 Å². The molecule has 1 aliphatic carbocycles. The number of aromatic amines is 1. The normalized spacial score (nSPS) is 16.2. The average molecular weight is 470 g/mol. The molecule has 1 fully saturated rings. The highest BCUT2D eigenvalue weighted by Crippen LogP contribution is 2.21. The average Bonchev–Trinajstić information content (AvgIpc) is 3.52. The molecule has 10 nitrogen and oxygen atoms in total. The second kappa shape index (κ2) is 11.0. The van der Waals surface area contributed by atoms with Gasteiger partial charge in [0.1, 0.15) is 23.7 Å². The minimum Gasteiger partial charge on any atom is -0.480 e. The Bertz CT molecular complexity index is 1030. The van der Waals surface area contributed by atoms with E-state index in [1.54, 1.807) is 12.3 Å². The third-order valence-corrected chi connectivity index (χ3v) is 6.24. The van der Waals surface area contributed by atoms with Gasteiger partial charge in [-0.2, -0.15) is 0 Å². The van der Waals surface area contributed by atoms with E-state index < -0.39 is 24.0 Å². The third-order valence-electron chi connectivity index (χ3n) is 6.24. The Hall–Kier alpha value is -3.56. The lowest BCUT2D eigenvalue weighted by molar-refractivity contribution is -0.139. The van der Waals surface area contributed by atoms with Gasteiger partial charge in [0, 0.05) is 25.0 Å². The molecule has 0 bridgehead atoms. The number of carbonyl (C=O) groups excluding carboxylic acids is 2. The predicted molar refractivity (Wildman–Crippen MR) is 125 cm³/mol. The number of hydrogen-bond acceptors (Lipinski definition) is 6. The molecule has 10 heteroatoms. The van der Waals surface area contributed by atoms with Crippen LogP contribution in [0.1, 0.15) is 59.4 Å². The highest BCUT2D eigenvalue weighted by Gasteiger charge is 2.25. The Labute approximate surface area is 197 Å². The second-order valence-electron chi connectivity index (χ2n) is 8.82. The van der Waals surface area contributed by atoms with Crippen molar-refractivity contribution in [3.05, 3.63) is 46.9 Å². The molecular weight excluding hydrogens is 438 g/mol. The van der Waals surface area contributed by atoms with Gasteiger partial charge in [-0.25, -0.2) is 14.6 Å². The first-order chi connectivity index (χ1) is 16.5. The Morgan fingerprint density at radius 3 is 2.79 bits per heavy atom. The van der Waals surface area contributed by atoms with Gasteiger partial charge >= 0.3 is 12.1 Å². The first kappa shape index (κ1) is 23.6. The number of carbonyl (C=O) groups is 3. The largest absolute Gasteiger partial charge is 0.480 e. The van der Waals surface area contributed by atoms with Crippen LogP contribution in [0.2, 0.25) is 0 Å². The van der Waals surface area contributed by atoms with E-state index in [0.717, 1.165) is 68.6 Å². The van der Waals surface area contributed by atoms with E-state index in [1.165, 1.54) is 5.56 Å². The number of ether oxygens (including phenoxy) is 1. The van der Waals surface area contributed by atoms with Gasteiger partial charge in [-0.3, -0.25) is 4.79 Å². The number of carboxylic acids is 1. The molecule has 0 radical (unpaired) electrons. The summed E-state index contributed by atoms with van der Waals surface area (Å²) in [5, 5.41) is 17.6. The van der Waals surface area contributed by atoms with E-state index in [1.807, 2.05) is 6.07 Å². The molecule has 0 aromatic carbocycles. The first-order valence-corrected chi connectivity index (χ1v) is 11.9. The molecule has 2 aromatic heterocycles. The van der Waals surface area contributed by atoms with Gasteiger partial charge in [-0.05, 0) is 74.6 Å². The SMILES string of the molecule is O=C(N[C@@H](CNC(=O)c1cc(CCc2ccc3c(n2)NCCC3)c[nH]1)C(=O)O)OC1CCCC1. The molecule has 4 rings (SSSR count). The van der Waals surface area contributed by atoms with Crippen LogP contribution in [-0.2, 0) is 28.8 Å². The van der Waals surface area contributed by atoms with Gasteiger partial charge in [0.25, 0.3) is 5.91 Å². The van der Waals surface area contributed by atoms with Crippen LogP contribution in [0, 0.1) is 0 Å². The monoisotopic (exact) mass is 469 g/mol. The molecule has 5 N–H and O–H groups in total. The number of nitrogens with zero attached hydrogens (tertiary/aromatic N) is 1. The van der Waals surface area contributed by atoms with Crippen molar-refractivity contribution in [2.45, 2.75) is 63.5 Å². The number of nitrogens with one attached hydrogen (secondary N) is 4. The number of carboxylic acid groups (broad SMARTS) is 1. The minimum atomic E-state index is -1.28. The molecular formula is C24H31N5O5. The summed E-state index contributed by atoms with van der Waals surface area (Å²) in [6.45, 7) is 0.689. The van der Waals surface area contributed by atoms with Gasteiger partial charge in [0.2, 0.25) is 0 Å². The zero-order valence-corrected chi connectivity index (χ0v) is 19.1. The van der Waals surface area contributed by atoms with Crippen molar-refractivity contribution in [3.8, 4) is 0 Å². The topological polar surface area (TPSA) is 145 Å². The maximum Gasteiger partial charge on any atom is 0.408 e. The number of fused-ring (bicyclic) bond motifs is 1. The number of amides is 2. The fourth-order valence-corrected chi connectivity index (χ4v) is 4.32. The zero-order valence-electron chi connectivity index (χ0n) is 19.1. The van der Waals surface area contributed by atoms with Crippen LogP contribution in [0.25, 0.3) is 0 Å². The number of hydrogen-bond donors (Lipinski definition) is 5. The van der Waals surface area contributed by atoms with Crippen LogP contribution in [-0.4, -0.2) is 58.3 Å². The lowest BCUT2D eigenvalue weighted by atomic mass is 10.1. The number of anilines is 1. The fourth-order valence-electron chi connectivity index (χ4n) is 4.32. The van der Waals surface area contributed by atoms with E-state index in [0.29, 0.717) is 12.1 Å². The number of aromatic nitrogens is 2. The van der Waals surface area contributed by atoms with Crippen molar-refractivity contribution in [1.29, 1.82) is 0 Å². The number of pyridine rings is 1. The van der Waals surface area contributed by atoms with Crippen molar-refractivity contribution < 1.29 is 24.2 Å². The van der Waals surface area contributed by atoms with E-state index >= 15 is 0 Å². The second-order valence-corrected chi connectivity index (χ2v) is 8.82. The first-order valence-electron chi connectivity index (χ1n) is 11.9. The maximum absolute atomic E-state index is 12.5. The van der Waals surface area contributed by atoms with E-state index in [9.17, 15) is 19.5 Å². The molecule has 0 spiro atoms. The molecule has 182 valence electrons. The smallest absolute Gasteiger partial charge is 0.408 e. The Morgan fingerprint density at radius 2 is 2.00 bits per heavy atom. The quantitative estimate of drug-likeness (QED) is 0.379. The molecule has 0 saturated heterocycles. The molecule has 1 aliphatic heterocycles. The van der Waals surface area contributed by atoms with Crippen molar-refractivity contribution in [1.82, 2.24) is 20.6 Å². The standard InChI is InChI=1S/C24H31N5O5/c30-22(27-14-20(23(31)32)29-24(33)34-18-5-1-2-6-18)19-12-15(13-26-19)7-9-17-10-8-16-4-3-11-25-21(16)28-17/h8,10,12-13,18,20,26H,1-7,9,11,14H2,(H,25,28)(H,27,30)(H,29,33)(H,31,32)/t20-/m0/s1. The summed E-state index contributed by atoms with van der Waals surface area (Å²) in [5.41, 5.74) is 3.51.